The second kappa shape index (κ2) is 7.18. The fraction of sp³-hybridized carbons (Fsp3) is 0.421. The fourth-order valence-corrected chi connectivity index (χ4v) is 3.35. The molecule has 1 aliphatic rings. The summed E-state index contributed by atoms with van der Waals surface area (Å²) in [6.07, 6.45) is 0.396. The molecule has 1 saturated heterocycles. The van der Waals surface area contributed by atoms with Gasteiger partial charge in [0.15, 0.2) is 0 Å². The van der Waals surface area contributed by atoms with Crippen LogP contribution in [0.4, 0.5) is 5.82 Å². The minimum Gasteiger partial charge on any atom is -0.372 e. The molecule has 136 valence electrons. The number of anilines is 1. The first-order valence-electron chi connectivity index (χ1n) is 8.60. The maximum absolute atomic E-state index is 12.8. The van der Waals surface area contributed by atoms with Crippen LogP contribution in [0.3, 0.4) is 0 Å². The number of aromatic nitrogens is 2. The van der Waals surface area contributed by atoms with Crippen LogP contribution in [0.5, 0.6) is 0 Å². The zero-order valence-electron chi connectivity index (χ0n) is 15.2. The molecular weight excluding hydrogens is 332 g/mol. The molecule has 1 N–H and O–H groups in total. The van der Waals surface area contributed by atoms with Crippen LogP contribution in [0.2, 0.25) is 0 Å². The minimum absolute atomic E-state index is 0.00840. The third-order valence-electron chi connectivity index (χ3n) is 4.58. The summed E-state index contributed by atoms with van der Waals surface area (Å²) in [5.41, 5.74) is 1.28. The molecule has 2 aromatic rings. The van der Waals surface area contributed by atoms with Gasteiger partial charge < -0.3 is 9.64 Å². The largest absolute Gasteiger partial charge is 0.372 e. The molecule has 3 rings (SSSR count). The summed E-state index contributed by atoms with van der Waals surface area (Å²) in [5, 5.41) is 8.93. The van der Waals surface area contributed by atoms with Crippen LogP contribution in [-0.4, -0.2) is 34.8 Å². The lowest BCUT2D eigenvalue weighted by atomic mass is 10.0. The number of nitrogens with zero attached hydrogens (tertiary/aromatic N) is 3. The molecule has 2 unspecified atom stereocenters. The van der Waals surface area contributed by atoms with Gasteiger partial charge in [0.25, 0.3) is 5.56 Å². The van der Waals surface area contributed by atoms with E-state index in [9.17, 15) is 9.59 Å². The van der Waals surface area contributed by atoms with Gasteiger partial charge in [-0.05, 0) is 31.5 Å². The second-order valence-electron chi connectivity index (χ2n) is 6.77. The number of hydrogen-bond acceptors (Lipinski definition) is 5. The van der Waals surface area contributed by atoms with Crippen molar-refractivity contribution < 1.29 is 4.74 Å². The lowest BCUT2D eigenvalue weighted by Gasteiger charge is -2.37. The van der Waals surface area contributed by atoms with Gasteiger partial charge in [-0.3, -0.25) is 14.3 Å². The first-order valence-corrected chi connectivity index (χ1v) is 8.60. The predicted octanol–water partition coefficient (Wildman–Crippen LogP) is 1.15. The number of benzene rings is 1. The van der Waals surface area contributed by atoms with Crippen LogP contribution >= 0.6 is 0 Å². The van der Waals surface area contributed by atoms with Crippen molar-refractivity contribution >= 4 is 5.82 Å². The van der Waals surface area contributed by atoms with E-state index in [-0.39, 0.29) is 17.8 Å². The van der Waals surface area contributed by atoms with Crippen LogP contribution in [0.15, 0.2) is 33.9 Å². The molecule has 26 heavy (non-hydrogen) atoms. The van der Waals surface area contributed by atoms with Gasteiger partial charge in [-0.25, -0.2) is 4.79 Å². The molecule has 1 fully saturated rings. The summed E-state index contributed by atoms with van der Waals surface area (Å²) in [4.78, 5) is 29.8. The second-order valence-corrected chi connectivity index (χ2v) is 6.77. The van der Waals surface area contributed by atoms with Crippen LogP contribution in [0, 0.1) is 11.3 Å². The van der Waals surface area contributed by atoms with E-state index >= 15 is 0 Å². The highest BCUT2D eigenvalue weighted by atomic mass is 16.5. The molecule has 7 heteroatoms. The smallest absolute Gasteiger partial charge is 0.329 e. The average molecular weight is 354 g/mol. The van der Waals surface area contributed by atoms with Gasteiger partial charge in [0.1, 0.15) is 5.82 Å². The first-order chi connectivity index (χ1) is 12.4. The lowest BCUT2D eigenvalue weighted by molar-refractivity contribution is -0.00553. The Kier molecular flexibility index (Phi) is 4.96. The molecule has 0 amide bonds. The van der Waals surface area contributed by atoms with E-state index in [0.717, 1.165) is 10.1 Å². The van der Waals surface area contributed by atoms with Crippen molar-refractivity contribution in [2.24, 2.45) is 7.05 Å². The monoisotopic (exact) mass is 354 g/mol. The van der Waals surface area contributed by atoms with E-state index in [0.29, 0.717) is 36.5 Å². The number of nitrogens with one attached hydrogen (secondary N) is 1. The number of morpholine rings is 1. The predicted molar refractivity (Wildman–Crippen MR) is 98.5 cm³/mol. The van der Waals surface area contributed by atoms with Crippen molar-refractivity contribution in [1.29, 1.82) is 5.26 Å². The van der Waals surface area contributed by atoms with E-state index in [2.05, 4.69) is 11.1 Å². The summed E-state index contributed by atoms with van der Waals surface area (Å²) in [7, 11) is 1.47. The molecule has 0 aliphatic carbocycles. The van der Waals surface area contributed by atoms with Crippen LogP contribution in [-0.2, 0) is 18.2 Å². The highest BCUT2D eigenvalue weighted by Crippen LogP contribution is 2.21. The number of rotatable bonds is 3. The Hall–Kier alpha value is -2.85. The van der Waals surface area contributed by atoms with Crippen LogP contribution in [0.1, 0.15) is 30.5 Å². The fourth-order valence-electron chi connectivity index (χ4n) is 3.35. The Labute approximate surface area is 151 Å². The van der Waals surface area contributed by atoms with Crippen molar-refractivity contribution in [3.63, 3.8) is 0 Å². The molecule has 0 bridgehead atoms. The first kappa shape index (κ1) is 18.0. The van der Waals surface area contributed by atoms with E-state index in [1.165, 1.54) is 7.05 Å². The van der Waals surface area contributed by atoms with Gasteiger partial charge in [0.2, 0.25) is 0 Å². The standard InChI is InChI=1S/C19H22N4O3/c1-12-10-23(11-13(2)26-12)17-16(18(24)22(3)19(25)21-17)8-14-4-6-15(9-20)7-5-14/h4-7,12-13H,8,10-11H2,1-3H3,(H,21,25). The number of ether oxygens (including phenoxy) is 1. The van der Waals surface area contributed by atoms with E-state index in [1.54, 1.807) is 12.1 Å². The maximum Gasteiger partial charge on any atom is 0.329 e. The highest BCUT2D eigenvalue weighted by Gasteiger charge is 2.26. The minimum atomic E-state index is -0.430. The van der Waals surface area contributed by atoms with Crippen molar-refractivity contribution in [3.8, 4) is 6.07 Å². The topological polar surface area (TPSA) is 91.1 Å². The number of aromatic amines is 1. The summed E-state index contributed by atoms with van der Waals surface area (Å²) >= 11 is 0. The Morgan fingerprint density at radius 1 is 1.19 bits per heavy atom. The molecule has 1 aliphatic heterocycles. The molecule has 1 aromatic carbocycles. The van der Waals surface area contributed by atoms with Crippen LogP contribution in [0.25, 0.3) is 0 Å². The maximum atomic E-state index is 12.8. The van der Waals surface area contributed by atoms with Gasteiger partial charge >= 0.3 is 5.69 Å². The van der Waals surface area contributed by atoms with E-state index in [4.69, 9.17) is 10.00 Å². The molecular formula is C19H22N4O3. The third-order valence-corrected chi connectivity index (χ3v) is 4.58. The van der Waals surface area contributed by atoms with Gasteiger partial charge in [-0.1, -0.05) is 12.1 Å². The summed E-state index contributed by atoms with van der Waals surface area (Å²) in [5.74, 6) is 0.560. The molecule has 2 heterocycles. The van der Waals surface area contributed by atoms with Gasteiger partial charge in [-0.15, -0.1) is 0 Å². The van der Waals surface area contributed by atoms with E-state index in [1.807, 2.05) is 30.9 Å². The number of H-pyrrole nitrogens is 1. The quantitative estimate of drug-likeness (QED) is 0.893. The zero-order chi connectivity index (χ0) is 18.8. The molecule has 7 nitrogen and oxygen atoms in total. The van der Waals surface area contributed by atoms with Crippen LogP contribution < -0.4 is 16.1 Å². The Balaban J connectivity index is 2.05. The normalized spacial score (nSPS) is 20.0. The lowest BCUT2D eigenvalue weighted by Crippen LogP contribution is -2.48. The Bertz CT molecular complexity index is 943. The molecule has 0 saturated carbocycles. The van der Waals surface area contributed by atoms with Crippen molar-refractivity contribution in [3.05, 3.63) is 61.8 Å². The molecule has 1 aromatic heterocycles. The van der Waals surface area contributed by atoms with Gasteiger partial charge in [-0.2, -0.15) is 5.26 Å². The number of nitriles is 1. The van der Waals surface area contributed by atoms with E-state index < -0.39 is 5.69 Å². The SMILES string of the molecule is CC1CN(c2[nH]c(=O)n(C)c(=O)c2Cc2ccc(C#N)cc2)CC(C)O1. The van der Waals surface area contributed by atoms with Gasteiger partial charge in [0.05, 0.1) is 29.4 Å². The molecule has 0 spiro atoms. The summed E-state index contributed by atoms with van der Waals surface area (Å²) in [6.45, 7) is 5.16. The summed E-state index contributed by atoms with van der Waals surface area (Å²) in [6, 6.07) is 9.20. The number of hydrogen-bond donors (Lipinski definition) is 1. The van der Waals surface area contributed by atoms with Crippen molar-refractivity contribution in [2.45, 2.75) is 32.5 Å². The molecule has 2 atom stereocenters. The third kappa shape index (κ3) is 3.55. The highest BCUT2D eigenvalue weighted by molar-refractivity contribution is 5.49. The zero-order valence-corrected chi connectivity index (χ0v) is 15.2. The Morgan fingerprint density at radius 2 is 1.81 bits per heavy atom. The van der Waals surface area contributed by atoms with Crippen molar-refractivity contribution in [1.82, 2.24) is 9.55 Å². The summed E-state index contributed by atoms with van der Waals surface area (Å²) < 4.78 is 6.85. The Morgan fingerprint density at radius 3 is 2.38 bits per heavy atom. The van der Waals surface area contributed by atoms with Gasteiger partial charge in [0, 0.05) is 26.6 Å². The van der Waals surface area contributed by atoms with Crippen molar-refractivity contribution in [2.75, 3.05) is 18.0 Å². The average Bonchev–Trinajstić information content (AvgIpc) is 2.61. The molecule has 0 radical (unpaired) electrons.